The topological polar surface area (TPSA) is 97.5 Å². The maximum absolute atomic E-state index is 12.7. The van der Waals surface area contributed by atoms with E-state index in [2.05, 4.69) is 16.4 Å². The smallest absolute Gasteiger partial charge is 0.355 e. The number of aryl methyl sites for hydroxylation is 2. The lowest BCUT2D eigenvalue weighted by atomic mass is 9.87. The van der Waals surface area contributed by atoms with Crippen LogP contribution in [0.2, 0.25) is 0 Å². The van der Waals surface area contributed by atoms with Crippen molar-refractivity contribution in [3.05, 3.63) is 57.9 Å². The summed E-state index contributed by atoms with van der Waals surface area (Å²) in [5, 5.41) is 3.00. The zero-order valence-corrected chi connectivity index (χ0v) is 17.8. The maximum Gasteiger partial charge on any atom is 0.355 e. The van der Waals surface area contributed by atoms with Gasteiger partial charge in [-0.25, -0.2) is 9.59 Å². The number of aromatic nitrogens is 1. The Balaban J connectivity index is 1.68. The number of benzene rings is 1. The van der Waals surface area contributed by atoms with Crippen LogP contribution in [0.3, 0.4) is 0 Å². The second kappa shape index (κ2) is 9.15. The van der Waals surface area contributed by atoms with Gasteiger partial charge in [0.1, 0.15) is 5.69 Å². The third kappa shape index (κ3) is 4.40. The number of amides is 1. The molecule has 1 aliphatic carbocycles. The molecule has 160 valence electrons. The number of aromatic amines is 1. The van der Waals surface area contributed by atoms with E-state index >= 15 is 0 Å². The number of carbonyl (C=O) groups is 3. The number of esters is 2. The minimum Gasteiger partial charge on any atom is -0.461 e. The van der Waals surface area contributed by atoms with Crippen molar-refractivity contribution in [2.24, 2.45) is 0 Å². The standard InChI is InChI=1S/C23H28N2O5/c1-5-29-23(28)20-13(2)19(14(3)24-20)22(27)30-15(4)21(26)25-18-12-8-10-16-9-6-7-11-17(16)18/h6-7,9,11,15,18,24H,5,8,10,12H2,1-4H3,(H,25,26)/t15-,18-/m0/s1. The zero-order chi connectivity index (χ0) is 21.8. The predicted molar refractivity (Wildman–Crippen MR) is 111 cm³/mol. The number of nitrogens with one attached hydrogen (secondary N) is 2. The van der Waals surface area contributed by atoms with Gasteiger partial charge in [-0.15, -0.1) is 0 Å². The van der Waals surface area contributed by atoms with Gasteiger partial charge in [-0.2, -0.15) is 0 Å². The molecule has 2 N–H and O–H groups in total. The fourth-order valence-electron chi connectivity index (χ4n) is 3.93. The van der Waals surface area contributed by atoms with Gasteiger partial charge < -0.3 is 19.8 Å². The van der Waals surface area contributed by atoms with E-state index in [9.17, 15) is 14.4 Å². The zero-order valence-electron chi connectivity index (χ0n) is 17.8. The number of hydrogen-bond acceptors (Lipinski definition) is 5. The summed E-state index contributed by atoms with van der Waals surface area (Å²) >= 11 is 0. The Morgan fingerprint density at radius 1 is 1.20 bits per heavy atom. The van der Waals surface area contributed by atoms with Crippen molar-refractivity contribution in [3.8, 4) is 0 Å². The predicted octanol–water partition coefficient (Wildman–Crippen LogP) is 3.55. The molecule has 0 unspecified atom stereocenters. The van der Waals surface area contributed by atoms with E-state index in [0.29, 0.717) is 11.3 Å². The summed E-state index contributed by atoms with van der Waals surface area (Å²) in [4.78, 5) is 40.3. The van der Waals surface area contributed by atoms with Crippen LogP contribution in [0, 0.1) is 13.8 Å². The van der Waals surface area contributed by atoms with Gasteiger partial charge in [-0.1, -0.05) is 24.3 Å². The Morgan fingerprint density at radius 2 is 1.93 bits per heavy atom. The van der Waals surface area contributed by atoms with Gasteiger partial charge in [0.2, 0.25) is 0 Å². The van der Waals surface area contributed by atoms with E-state index in [1.807, 2.05) is 18.2 Å². The Hall–Kier alpha value is -3.09. The summed E-state index contributed by atoms with van der Waals surface area (Å²) in [6.07, 6.45) is 1.88. The van der Waals surface area contributed by atoms with Gasteiger partial charge in [0.05, 0.1) is 18.2 Å². The Morgan fingerprint density at radius 3 is 2.67 bits per heavy atom. The molecule has 1 aromatic carbocycles. The lowest BCUT2D eigenvalue weighted by molar-refractivity contribution is -0.130. The van der Waals surface area contributed by atoms with Gasteiger partial charge in [0, 0.05) is 5.69 Å². The highest BCUT2D eigenvalue weighted by Gasteiger charge is 2.28. The first-order valence-electron chi connectivity index (χ1n) is 10.3. The summed E-state index contributed by atoms with van der Waals surface area (Å²) in [5.74, 6) is -1.52. The molecule has 1 aromatic heterocycles. The summed E-state index contributed by atoms with van der Waals surface area (Å²) < 4.78 is 10.4. The van der Waals surface area contributed by atoms with Crippen LogP contribution in [0.25, 0.3) is 0 Å². The van der Waals surface area contributed by atoms with Gasteiger partial charge in [-0.3, -0.25) is 4.79 Å². The van der Waals surface area contributed by atoms with E-state index in [0.717, 1.165) is 24.8 Å². The second-order valence-electron chi connectivity index (χ2n) is 7.55. The van der Waals surface area contributed by atoms with Gasteiger partial charge in [0.25, 0.3) is 5.91 Å². The maximum atomic E-state index is 12.7. The fraction of sp³-hybridized carbons (Fsp3) is 0.435. The first-order valence-corrected chi connectivity index (χ1v) is 10.3. The van der Waals surface area contributed by atoms with E-state index in [-0.39, 0.29) is 29.8 Å². The summed E-state index contributed by atoms with van der Waals surface area (Å²) in [6.45, 7) is 6.82. The van der Waals surface area contributed by atoms with Crippen molar-refractivity contribution in [1.82, 2.24) is 10.3 Å². The second-order valence-corrected chi connectivity index (χ2v) is 7.55. The van der Waals surface area contributed by atoms with Crippen LogP contribution in [-0.4, -0.2) is 35.5 Å². The van der Waals surface area contributed by atoms with E-state index in [1.165, 1.54) is 5.56 Å². The quantitative estimate of drug-likeness (QED) is 0.707. The largest absolute Gasteiger partial charge is 0.461 e. The highest BCUT2D eigenvalue weighted by atomic mass is 16.5. The van der Waals surface area contributed by atoms with Crippen LogP contribution < -0.4 is 5.32 Å². The van der Waals surface area contributed by atoms with E-state index < -0.39 is 18.0 Å². The van der Waals surface area contributed by atoms with Crippen LogP contribution in [0.1, 0.15) is 76.0 Å². The van der Waals surface area contributed by atoms with Crippen LogP contribution >= 0.6 is 0 Å². The molecule has 0 aliphatic heterocycles. The minimum atomic E-state index is -0.966. The lowest BCUT2D eigenvalue weighted by Crippen LogP contribution is -2.39. The van der Waals surface area contributed by atoms with Gasteiger partial charge in [0.15, 0.2) is 6.10 Å². The van der Waals surface area contributed by atoms with Crippen LogP contribution in [0.4, 0.5) is 0 Å². The average molecular weight is 412 g/mol. The van der Waals surface area contributed by atoms with Crippen molar-refractivity contribution in [2.75, 3.05) is 6.61 Å². The van der Waals surface area contributed by atoms with Crippen LogP contribution in [-0.2, 0) is 20.7 Å². The first-order chi connectivity index (χ1) is 14.3. The summed E-state index contributed by atoms with van der Waals surface area (Å²) in [7, 11) is 0. The molecule has 1 amide bonds. The molecule has 1 aliphatic rings. The van der Waals surface area contributed by atoms with Crippen molar-refractivity contribution < 1.29 is 23.9 Å². The number of fused-ring (bicyclic) bond motifs is 1. The number of H-pyrrole nitrogens is 1. The van der Waals surface area contributed by atoms with Gasteiger partial charge >= 0.3 is 11.9 Å². The molecule has 0 radical (unpaired) electrons. The molecule has 7 nitrogen and oxygen atoms in total. The molecule has 0 spiro atoms. The number of ether oxygens (including phenoxy) is 2. The normalized spacial score (nSPS) is 16.3. The summed E-state index contributed by atoms with van der Waals surface area (Å²) in [5.41, 5.74) is 3.77. The lowest BCUT2D eigenvalue weighted by Gasteiger charge is -2.27. The molecular weight excluding hydrogens is 384 g/mol. The first kappa shape index (κ1) is 21.6. The van der Waals surface area contributed by atoms with Gasteiger partial charge in [-0.05, 0) is 63.6 Å². The third-order valence-electron chi connectivity index (χ3n) is 5.46. The molecular formula is C23H28N2O5. The Bertz CT molecular complexity index is 962. The third-order valence-corrected chi connectivity index (χ3v) is 5.46. The van der Waals surface area contributed by atoms with Crippen molar-refractivity contribution in [3.63, 3.8) is 0 Å². The number of rotatable bonds is 6. The molecule has 30 heavy (non-hydrogen) atoms. The summed E-state index contributed by atoms with van der Waals surface area (Å²) in [6, 6.07) is 7.98. The Labute approximate surface area is 176 Å². The SMILES string of the molecule is CCOC(=O)c1[nH]c(C)c(C(=O)O[C@@H](C)C(=O)N[C@H]2CCCc3ccccc32)c1C. The molecule has 1 heterocycles. The molecule has 3 rings (SSSR count). The van der Waals surface area contributed by atoms with Crippen LogP contribution in [0.15, 0.2) is 24.3 Å². The fourth-order valence-corrected chi connectivity index (χ4v) is 3.93. The molecule has 0 saturated heterocycles. The minimum absolute atomic E-state index is 0.0882. The molecule has 2 atom stereocenters. The highest BCUT2D eigenvalue weighted by Crippen LogP contribution is 2.29. The van der Waals surface area contributed by atoms with E-state index in [4.69, 9.17) is 9.47 Å². The monoisotopic (exact) mass is 412 g/mol. The van der Waals surface area contributed by atoms with Crippen molar-refractivity contribution in [1.29, 1.82) is 0 Å². The van der Waals surface area contributed by atoms with Crippen molar-refractivity contribution in [2.45, 2.75) is 59.1 Å². The molecule has 7 heteroatoms. The van der Waals surface area contributed by atoms with Crippen molar-refractivity contribution >= 4 is 17.8 Å². The molecule has 0 fully saturated rings. The van der Waals surface area contributed by atoms with E-state index in [1.54, 1.807) is 27.7 Å². The van der Waals surface area contributed by atoms with Crippen LogP contribution in [0.5, 0.6) is 0 Å². The molecule has 0 saturated carbocycles. The number of carbonyl (C=O) groups excluding carboxylic acids is 3. The average Bonchev–Trinajstić information content (AvgIpc) is 3.02. The Kier molecular flexibility index (Phi) is 6.59. The molecule has 0 bridgehead atoms. The molecule has 2 aromatic rings. The highest BCUT2D eigenvalue weighted by molar-refractivity contribution is 5.99. The number of hydrogen-bond donors (Lipinski definition) is 2.